The van der Waals surface area contributed by atoms with E-state index in [1.807, 2.05) is 19.2 Å². The largest absolute Gasteiger partial charge is 0.497 e. The maximum absolute atomic E-state index is 11.6. The van der Waals surface area contributed by atoms with Crippen LogP contribution in [0.5, 0.6) is 5.75 Å². The fraction of sp³-hybridized carbons (Fsp3) is 0.538. The minimum absolute atomic E-state index is 0.0457. The molecule has 2 atom stereocenters. The monoisotopic (exact) mass is 303 g/mol. The quantitative estimate of drug-likeness (QED) is 0.925. The molecule has 2 unspecified atom stereocenters. The van der Waals surface area contributed by atoms with Crippen molar-refractivity contribution in [3.63, 3.8) is 0 Å². The number of hydrogen-bond acceptors (Lipinski definition) is 4. The molecular formula is C13H18ClNO3S. The van der Waals surface area contributed by atoms with E-state index < -0.39 is 9.84 Å². The molecule has 1 aromatic rings. The van der Waals surface area contributed by atoms with Gasteiger partial charge in [0, 0.05) is 11.1 Å². The molecule has 1 fully saturated rings. The van der Waals surface area contributed by atoms with E-state index in [0.717, 1.165) is 5.56 Å². The number of nitrogens with one attached hydrogen (secondary N) is 1. The second-order valence-corrected chi connectivity index (χ2v) is 7.45. The number of rotatable bonds is 4. The van der Waals surface area contributed by atoms with Gasteiger partial charge in [0.25, 0.3) is 0 Å². The number of sulfone groups is 1. The highest BCUT2D eigenvalue weighted by molar-refractivity contribution is 7.91. The fourth-order valence-electron chi connectivity index (χ4n) is 2.62. The van der Waals surface area contributed by atoms with Gasteiger partial charge in [0.1, 0.15) is 5.75 Å². The first-order valence-electron chi connectivity index (χ1n) is 6.18. The van der Waals surface area contributed by atoms with Crippen molar-refractivity contribution in [1.82, 2.24) is 5.32 Å². The number of methoxy groups -OCH3 is 1. The molecule has 0 saturated carbocycles. The molecule has 1 N–H and O–H groups in total. The Labute approximate surface area is 119 Å². The summed E-state index contributed by atoms with van der Waals surface area (Å²) in [5.74, 6) is 1.26. The highest BCUT2D eigenvalue weighted by Gasteiger charge is 2.34. The summed E-state index contributed by atoms with van der Waals surface area (Å²) in [5, 5.41) is 3.79. The summed E-state index contributed by atoms with van der Waals surface area (Å²) in [5.41, 5.74) is 0.923. The summed E-state index contributed by atoms with van der Waals surface area (Å²) in [4.78, 5) is 0. The normalized spacial score (nSPS) is 23.2. The van der Waals surface area contributed by atoms with Gasteiger partial charge < -0.3 is 10.1 Å². The Morgan fingerprint density at radius 2 is 2.21 bits per heavy atom. The van der Waals surface area contributed by atoms with Crippen molar-refractivity contribution in [2.24, 2.45) is 5.92 Å². The first-order chi connectivity index (χ1) is 8.96. The zero-order chi connectivity index (χ0) is 14.0. The predicted molar refractivity (Wildman–Crippen MR) is 76.6 cm³/mol. The second kappa shape index (κ2) is 5.69. The van der Waals surface area contributed by atoms with Gasteiger partial charge >= 0.3 is 0 Å². The van der Waals surface area contributed by atoms with Crippen LogP contribution in [0.15, 0.2) is 18.2 Å². The summed E-state index contributed by atoms with van der Waals surface area (Å²) in [7, 11) is 0.525. The van der Waals surface area contributed by atoms with Crippen LogP contribution in [0.3, 0.4) is 0 Å². The van der Waals surface area contributed by atoms with Gasteiger partial charge in [-0.2, -0.15) is 0 Å². The minimum Gasteiger partial charge on any atom is -0.497 e. The average molecular weight is 304 g/mol. The molecule has 1 aromatic carbocycles. The van der Waals surface area contributed by atoms with Crippen molar-refractivity contribution < 1.29 is 13.2 Å². The highest BCUT2D eigenvalue weighted by atomic mass is 35.5. The van der Waals surface area contributed by atoms with Crippen LogP contribution < -0.4 is 10.1 Å². The van der Waals surface area contributed by atoms with Gasteiger partial charge in [-0.1, -0.05) is 17.7 Å². The Morgan fingerprint density at radius 1 is 1.47 bits per heavy atom. The van der Waals surface area contributed by atoms with Gasteiger partial charge in [-0.3, -0.25) is 0 Å². The average Bonchev–Trinajstić information content (AvgIpc) is 2.72. The molecule has 0 aliphatic carbocycles. The van der Waals surface area contributed by atoms with E-state index in [1.165, 1.54) is 0 Å². The first kappa shape index (κ1) is 14.6. The molecule has 4 nitrogen and oxygen atoms in total. The summed E-state index contributed by atoms with van der Waals surface area (Å²) in [6.45, 7) is 0. The van der Waals surface area contributed by atoms with Crippen LogP contribution in [0, 0.1) is 5.92 Å². The van der Waals surface area contributed by atoms with E-state index in [2.05, 4.69) is 5.32 Å². The molecule has 0 aromatic heterocycles. The van der Waals surface area contributed by atoms with E-state index >= 15 is 0 Å². The van der Waals surface area contributed by atoms with Gasteiger partial charge in [-0.05, 0) is 37.1 Å². The third-order valence-electron chi connectivity index (χ3n) is 3.59. The van der Waals surface area contributed by atoms with Crippen LogP contribution in [0.2, 0.25) is 5.02 Å². The molecule has 1 heterocycles. The maximum Gasteiger partial charge on any atom is 0.150 e. The van der Waals surface area contributed by atoms with Crippen molar-refractivity contribution in [3.8, 4) is 5.75 Å². The SMILES string of the molecule is CNC(c1ccc(OC)cc1Cl)C1CCS(=O)(=O)C1. The lowest BCUT2D eigenvalue weighted by Crippen LogP contribution is -2.26. The lowest BCUT2D eigenvalue weighted by molar-refractivity contribution is 0.408. The van der Waals surface area contributed by atoms with Gasteiger partial charge in [0.2, 0.25) is 0 Å². The fourth-order valence-corrected chi connectivity index (χ4v) is 4.75. The number of benzene rings is 1. The van der Waals surface area contributed by atoms with Crippen molar-refractivity contribution in [2.45, 2.75) is 12.5 Å². The van der Waals surface area contributed by atoms with Gasteiger partial charge in [0.05, 0.1) is 18.6 Å². The Kier molecular flexibility index (Phi) is 4.38. The summed E-state index contributed by atoms with van der Waals surface area (Å²) in [6.07, 6.45) is 0.677. The summed E-state index contributed by atoms with van der Waals surface area (Å²) in [6, 6.07) is 5.45. The zero-order valence-electron chi connectivity index (χ0n) is 11.0. The summed E-state index contributed by atoms with van der Waals surface area (Å²) < 4.78 is 28.3. The first-order valence-corrected chi connectivity index (χ1v) is 8.38. The standard InChI is InChI=1S/C13H18ClNO3S/c1-15-13(9-5-6-19(16,17)8-9)11-4-3-10(18-2)7-12(11)14/h3-4,7,9,13,15H,5-6,8H2,1-2H3. The van der Waals surface area contributed by atoms with Gasteiger partial charge in [-0.25, -0.2) is 8.42 Å². The van der Waals surface area contributed by atoms with Crippen LogP contribution in [-0.4, -0.2) is 34.1 Å². The van der Waals surface area contributed by atoms with E-state index in [-0.39, 0.29) is 23.5 Å². The minimum atomic E-state index is -2.89. The van der Waals surface area contributed by atoms with Crippen molar-refractivity contribution in [3.05, 3.63) is 28.8 Å². The predicted octanol–water partition coefficient (Wildman–Crippen LogP) is 2.04. The molecule has 106 valence electrons. The van der Waals surface area contributed by atoms with Gasteiger partial charge in [-0.15, -0.1) is 0 Å². The topological polar surface area (TPSA) is 55.4 Å². The molecule has 0 amide bonds. The van der Waals surface area contributed by atoms with E-state index in [1.54, 1.807) is 13.2 Å². The highest BCUT2D eigenvalue weighted by Crippen LogP contribution is 2.35. The van der Waals surface area contributed by atoms with Crippen LogP contribution >= 0.6 is 11.6 Å². The molecule has 19 heavy (non-hydrogen) atoms. The molecular weight excluding hydrogens is 286 g/mol. The molecule has 1 saturated heterocycles. The van der Waals surface area contributed by atoms with Crippen molar-refractivity contribution >= 4 is 21.4 Å². The molecule has 0 bridgehead atoms. The zero-order valence-corrected chi connectivity index (χ0v) is 12.6. The molecule has 1 aliphatic heterocycles. The molecule has 1 aliphatic rings. The van der Waals surface area contributed by atoms with Crippen LogP contribution in [-0.2, 0) is 9.84 Å². The summed E-state index contributed by atoms with van der Waals surface area (Å²) >= 11 is 6.26. The second-order valence-electron chi connectivity index (χ2n) is 4.82. The van der Waals surface area contributed by atoms with Crippen LogP contribution in [0.1, 0.15) is 18.0 Å². The Bertz CT molecular complexity index is 559. The van der Waals surface area contributed by atoms with E-state index in [4.69, 9.17) is 16.3 Å². The molecule has 0 radical (unpaired) electrons. The van der Waals surface area contributed by atoms with Crippen molar-refractivity contribution in [2.75, 3.05) is 25.7 Å². The lowest BCUT2D eigenvalue weighted by Gasteiger charge is -2.23. The Balaban J connectivity index is 2.27. The maximum atomic E-state index is 11.6. The third kappa shape index (κ3) is 3.22. The molecule has 6 heteroatoms. The number of hydrogen-bond donors (Lipinski definition) is 1. The number of ether oxygens (including phenoxy) is 1. The van der Waals surface area contributed by atoms with Crippen LogP contribution in [0.4, 0.5) is 0 Å². The molecule has 0 spiro atoms. The lowest BCUT2D eigenvalue weighted by atomic mass is 9.92. The Hall–Kier alpha value is -0.780. The number of halogens is 1. The van der Waals surface area contributed by atoms with Crippen molar-refractivity contribution in [1.29, 1.82) is 0 Å². The van der Waals surface area contributed by atoms with E-state index in [0.29, 0.717) is 17.2 Å². The third-order valence-corrected chi connectivity index (χ3v) is 5.71. The smallest absolute Gasteiger partial charge is 0.150 e. The Morgan fingerprint density at radius 3 is 2.68 bits per heavy atom. The van der Waals surface area contributed by atoms with E-state index in [9.17, 15) is 8.42 Å². The van der Waals surface area contributed by atoms with Crippen LogP contribution in [0.25, 0.3) is 0 Å². The molecule has 2 rings (SSSR count). The van der Waals surface area contributed by atoms with Gasteiger partial charge in [0.15, 0.2) is 9.84 Å².